The van der Waals surface area contributed by atoms with Gasteiger partial charge in [0.05, 0.1) is 23.0 Å². The number of hydrogen-bond donors (Lipinski definition) is 6. The number of likely N-dealkylation sites (N-methyl/N-ethyl adjacent to an activating group) is 1. The van der Waals surface area contributed by atoms with Crippen LogP contribution in [0.25, 0.3) is 0 Å². The first kappa shape index (κ1) is 23.0. The second-order valence-electron chi connectivity index (χ2n) is 6.75. The molecule has 1 unspecified atom stereocenters. The van der Waals surface area contributed by atoms with Crippen LogP contribution in [0, 0.1) is 11.8 Å². The average molecular weight is 412 g/mol. The van der Waals surface area contributed by atoms with Crippen LogP contribution in [-0.2, 0) is 0 Å². The highest BCUT2D eigenvalue weighted by Gasteiger charge is 2.12. The molecule has 30 heavy (non-hydrogen) atoms. The van der Waals surface area contributed by atoms with Crippen LogP contribution in [0.2, 0.25) is 0 Å². The van der Waals surface area contributed by atoms with E-state index in [0.717, 1.165) is 13.1 Å². The maximum atomic E-state index is 12.3. The SMILES string of the molecule is CCN(CC)CC(O)CNC(=O)c1ccc(C#Cc2c(O)ccc(N)c2NN)cc1. The second kappa shape index (κ2) is 11.1. The van der Waals surface area contributed by atoms with Gasteiger partial charge in [0.1, 0.15) is 5.75 Å². The number of rotatable bonds is 8. The summed E-state index contributed by atoms with van der Waals surface area (Å²) in [6, 6.07) is 9.68. The number of aliphatic hydroxyl groups is 1. The number of carbonyl (C=O) groups is 1. The lowest BCUT2D eigenvalue weighted by molar-refractivity contribution is 0.0869. The molecule has 0 bridgehead atoms. The molecule has 0 spiro atoms. The lowest BCUT2D eigenvalue weighted by Crippen LogP contribution is -2.40. The number of aromatic hydroxyl groups is 1. The molecule has 8 nitrogen and oxygen atoms in total. The van der Waals surface area contributed by atoms with Crippen molar-refractivity contribution < 1.29 is 15.0 Å². The van der Waals surface area contributed by atoms with Gasteiger partial charge in [-0.1, -0.05) is 25.7 Å². The van der Waals surface area contributed by atoms with Crippen LogP contribution in [0.15, 0.2) is 36.4 Å². The van der Waals surface area contributed by atoms with Crippen LogP contribution in [0.1, 0.15) is 35.3 Å². The minimum absolute atomic E-state index is 0.0380. The number of aliphatic hydroxyl groups excluding tert-OH is 1. The molecule has 0 aromatic heterocycles. The number of nitrogens with zero attached hydrogens (tertiary/aromatic N) is 1. The molecule has 0 aliphatic rings. The second-order valence-corrected chi connectivity index (χ2v) is 6.75. The highest BCUT2D eigenvalue weighted by molar-refractivity contribution is 5.94. The van der Waals surface area contributed by atoms with Crippen molar-refractivity contribution in [3.63, 3.8) is 0 Å². The molecule has 0 saturated carbocycles. The number of nitrogens with two attached hydrogens (primary N) is 2. The summed E-state index contributed by atoms with van der Waals surface area (Å²) in [6.45, 7) is 6.44. The fourth-order valence-corrected chi connectivity index (χ4v) is 2.89. The quantitative estimate of drug-likeness (QED) is 0.126. The molecule has 2 aromatic carbocycles. The van der Waals surface area contributed by atoms with E-state index in [4.69, 9.17) is 11.6 Å². The van der Waals surface area contributed by atoms with E-state index in [-0.39, 0.29) is 18.2 Å². The first-order chi connectivity index (χ1) is 14.4. The minimum atomic E-state index is -0.629. The summed E-state index contributed by atoms with van der Waals surface area (Å²) in [4.78, 5) is 14.4. The van der Waals surface area contributed by atoms with Gasteiger partial charge in [-0.25, -0.2) is 0 Å². The van der Waals surface area contributed by atoms with E-state index in [1.54, 1.807) is 24.3 Å². The molecule has 0 fully saturated rings. The zero-order valence-corrected chi connectivity index (χ0v) is 17.3. The fraction of sp³-hybridized carbons (Fsp3) is 0.318. The Morgan fingerprint density at radius 1 is 1.13 bits per heavy atom. The number of benzene rings is 2. The Morgan fingerprint density at radius 2 is 1.80 bits per heavy atom. The van der Waals surface area contributed by atoms with Crippen LogP contribution < -0.4 is 22.3 Å². The van der Waals surface area contributed by atoms with Gasteiger partial charge in [0.25, 0.3) is 5.91 Å². The molecule has 0 radical (unpaired) electrons. The summed E-state index contributed by atoms with van der Waals surface area (Å²) in [5.41, 5.74) is 10.4. The summed E-state index contributed by atoms with van der Waals surface area (Å²) in [5.74, 6) is 10.9. The van der Waals surface area contributed by atoms with Gasteiger partial charge in [-0.2, -0.15) is 0 Å². The number of phenolic OH excluding ortho intramolecular Hbond substituents is 1. The molecule has 2 aromatic rings. The van der Waals surface area contributed by atoms with Gasteiger partial charge < -0.3 is 31.6 Å². The van der Waals surface area contributed by atoms with Gasteiger partial charge in [0.15, 0.2) is 0 Å². The molecular weight excluding hydrogens is 382 g/mol. The van der Waals surface area contributed by atoms with E-state index in [1.165, 1.54) is 12.1 Å². The summed E-state index contributed by atoms with van der Waals surface area (Å²) in [6.07, 6.45) is -0.629. The van der Waals surface area contributed by atoms with Crippen molar-refractivity contribution in [2.75, 3.05) is 37.3 Å². The first-order valence-electron chi connectivity index (χ1n) is 9.78. The van der Waals surface area contributed by atoms with Gasteiger partial charge in [-0.15, -0.1) is 0 Å². The van der Waals surface area contributed by atoms with E-state index in [1.807, 2.05) is 13.8 Å². The molecule has 0 aliphatic heterocycles. The van der Waals surface area contributed by atoms with E-state index >= 15 is 0 Å². The van der Waals surface area contributed by atoms with Gasteiger partial charge in [0.2, 0.25) is 0 Å². The van der Waals surface area contributed by atoms with Gasteiger partial charge in [-0.05, 0) is 49.5 Å². The first-order valence-corrected chi connectivity index (χ1v) is 9.78. The summed E-state index contributed by atoms with van der Waals surface area (Å²) in [5, 5.41) is 22.8. The summed E-state index contributed by atoms with van der Waals surface area (Å²) >= 11 is 0. The number of phenols is 1. The van der Waals surface area contributed by atoms with E-state index in [9.17, 15) is 15.0 Å². The van der Waals surface area contributed by atoms with Crippen LogP contribution >= 0.6 is 0 Å². The van der Waals surface area contributed by atoms with E-state index < -0.39 is 6.10 Å². The van der Waals surface area contributed by atoms with Gasteiger partial charge in [0, 0.05) is 24.2 Å². The molecule has 0 aliphatic carbocycles. The number of hydrazine groups is 1. The average Bonchev–Trinajstić information content (AvgIpc) is 2.76. The van der Waals surface area contributed by atoms with Crippen molar-refractivity contribution in [2.45, 2.75) is 20.0 Å². The highest BCUT2D eigenvalue weighted by atomic mass is 16.3. The number of hydrogen-bond acceptors (Lipinski definition) is 7. The van der Waals surface area contributed by atoms with Crippen molar-refractivity contribution >= 4 is 17.3 Å². The maximum absolute atomic E-state index is 12.3. The van der Waals surface area contributed by atoms with Crippen LogP contribution in [0.5, 0.6) is 5.75 Å². The third-order valence-corrected chi connectivity index (χ3v) is 4.70. The monoisotopic (exact) mass is 411 g/mol. The molecule has 160 valence electrons. The molecular formula is C22H29N5O3. The zero-order chi connectivity index (χ0) is 22.1. The maximum Gasteiger partial charge on any atom is 0.251 e. The molecule has 0 heterocycles. The smallest absolute Gasteiger partial charge is 0.251 e. The summed E-state index contributed by atoms with van der Waals surface area (Å²) < 4.78 is 0. The number of carbonyl (C=O) groups excluding carboxylic acids is 1. The number of nitrogens with one attached hydrogen (secondary N) is 2. The van der Waals surface area contributed by atoms with Crippen LogP contribution in [0.3, 0.4) is 0 Å². The number of amides is 1. The molecule has 0 saturated heterocycles. The van der Waals surface area contributed by atoms with Crippen molar-refractivity contribution in [1.29, 1.82) is 0 Å². The standard InChI is InChI=1S/C22H29N5O3/c1-3-27(4-2)14-17(28)13-25-22(30)16-8-5-15(6-9-16)7-10-18-20(29)12-11-19(23)21(18)26-24/h5-6,8-9,11-12,17,26,28-29H,3-4,13-14,23-24H2,1-2H3,(H,25,30). The summed E-state index contributed by atoms with van der Waals surface area (Å²) in [7, 11) is 0. The van der Waals surface area contributed by atoms with Gasteiger partial charge >= 0.3 is 0 Å². The van der Waals surface area contributed by atoms with Crippen molar-refractivity contribution in [2.24, 2.45) is 5.84 Å². The molecule has 2 rings (SSSR count). The largest absolute Gasteiger partial charge is 0.507 e. The van der Waals surface area contributed by atoms with Crippen molar-refractivity contribution in [3.8, 4) is 17.6 Å². The number of nitrogen functional groups attached to an aromatic ring is 2. The lowest BCUT2D eigenvalue weighted by Gasteiger charge is -2.22. The minimum Gasteiger partial charge on any atom is -0.507 e. The third kappa shape index (κ3) is 6.12. The highest BCUT2D eigenvalue weighted by Crippen LogP contribution is 2.29. The molecule has 8 N–H and O–H groups in total. The Kier molecular flexibility index (Phi) is 8.50. The van der Waals surface area contributed by atoms with E-state index in [2.05, 4.69) is 27.5 Å². The Labute approximate surface area is 176 Å². The Balaban J connectivity index is 2.02. The predicted octanol–water partition coefficient (Wildman–Crippen LogP) is 1.09. The third-order valence-electron chi connectivity index (χ3n) is 4.70. The van der Waals surface area contributed by atoms with Crippen molar-refractivity contribution in [1.82, 2.24) is 10.2 Å². The van der Waals surface area contributed by atoms with Crippen LogP contribution in [-0.4, -0.2) is 53.3 Å². The lowest BCUT2D eigenvalue weighted by atomic mass is 10.1. The molecule has 1 atom stereocenters. The van der Waals surface area contributed by atoms with Gasteiger partial charge in [-0.3, -0.25) is 10.6 Å². The van der Waals surface area contributed by atoms with E-state index in [0.29, 0.717) is 34.6 Å². The Hall–Kier alpha value is -3.25. The number of anilines is 2. The molecule has 1 amide bonds. The Morgan fingerprint density at radius 3 is 2.40 bits per heavy atom. The fourth-order valence-electron chi connectivity index (χ4n) is 2.89. The predicted molar refractivity (Wildman–Crippen MR) is 119 cm³/mol. The Bertz CT molecular complexity index is 915. The zero-order valence-electron chi connectivity index (χ0n) is 17.3. The van der Waals surface area contributed by atoms with Crippen LogP contribution in [0.4, 0.5) is 11.4 Å². The topological polar surface area (TPSA) is 137 Å². The molecule has 8 heteroatoms. The normalized spacial score (nSPS) is 11.5. The van der Waals surface area contributed by atoms with Crippen molar-refractivity contribution in [3.05, 3.63) is 53.1 Å².